The van der Waals surface area contributed by atoms with Gasteiger partial charge in [-0.2, -0.15) is 13.9 Å². The summed E-state index contributed by atoms with van der Waals surface area (Å²) in [6.07, 6.45) is 0. The zero-order valence-electron chi connectivity index (χ0n) is 20.9. The Morgan fingerprint density at radius 3 is 2.53 bits per heavy atom. The molecule has 36 heavy (non-hydrogen) atoms. The Morgan fingerprint density at radius 2 is 1.89 bits per heavy atom. The van der Waals surface area contributed by atoms with Gasteiger partial charge in [0.1, 0.15) is 22.6 Å². The van der Waals surface area contributed by atoms with Gasteiger partial charge in [0.25, 0.3) is 0 Å². The first-order valence-electron chi connectivity index (χ1n) is 11.7. The molecule has 1 aliphatic heterocycles. The monoisotopic (exact) mass is 505 g/mol. The fraction of sp³-hybridized carbons (Fsp3) is 0.480. The number of rotatable bonds is 7. The fourth-order valence-corrected chi connectivity index (χ4v) is 4.20. The average Bonchev–Trinajstić information content (AvgIpc) is 2.84. The number of methoxy groups -OCH3 is 1. The minimum Gasteiger partial charge on any atom is -0.480 e. The summed E-state index contributed by atoms with van der Waals surface area (Å²) in [6.45, 7) is 7.76. The van der Waals surface area contributed by atoms with Crippen LogP contribution in [0.2, 0.25) is 0 Å². The number of nitrogens with zero attached hydrogens (tertiary/aromatic N) is 4. The van der Waals surface area contributed by atoms with Gasteiger partial charge in [0.05, 0.1) is 37.6 Å². The molecule has 0 unspecified atom stereocenters. The maximum atomic E-state index is 15.3. The number of fused-ring (bicyclic) bond motifs is 1. The first-order valence-corrected chi connectivity index (χ1v) is 11.7. The zero-order valence-corrected chi connectivity index (χ0v) is 20.9. The molecule has 1 fully saturated rings. The molecule has 3 aromatic rings. The molecule has 3 heterocycles. The lowest BCUT2D eigenvalue weighted by Gasteiger charge is -2.30. The van der Waals surface area contributed by atoms with E-state index in [-0.39, 0.29) is 5.56 Å². The number of nitrogens with one attached hydrogen (secondary N) is 1. The Morgan fingerprint density at radius 1 is 1.19 bits per heavy atom. The molecule has 1 saturated heterocycles. The van der Waals surface area contributed by atoms with E-state index in [1.54, 1.807) is 21.0 Å². The second-order valence-corrected chi connectivity index (χ2v) is 9.35. The Labute approximate surface area is 207 Å². The summed E-state index contributed by atoms with van der Waals surface area (Å²) in [7, 11) is 1.54. The van der Waals surface area contributed by atoms with Gasteiger partial charge in [-0.3, -0.25) is 0 Å². The minimum atomic E-state index is -3.79. The van der Waals surface area contributed by atoms with Crippen LogP contribution in [0.5, 0.6) is 5.88 Å². The molecule has 8 nitrogen and oxygen atoms in total. The van der Waals surface area contributed by atoms with Crippen molar-refractivity contribution in [3.8, 4) is 5.88 Å². The van der Waals surface area contributed by atoms with E-state index < -0.39 is 28.9 Å². The summed E-state index contributed by atoms with van der Waals surface area (Å²) in [5.41, 5.74) is -1.43. The number of aliphatic hydroxyl groups is 1. The van der Waals surface area contributed by atoms with Crippen molar-refractivity contribution in [1.82, 2.24) is 15.2 Å². The molecule has 4 rings (SSSR count). The minimum absolute atomic E-state index is 0.00169. The van der Waals surface area contributed by atoms with E-state index in [0.29, 0.717) is 54.6 Å². The molecule has 0 bridgehead atoms. The van der Waals surface area contributed by atoms with E-state index in [1.165, 1.54) is 12.1 Å². The van der Waals surface area contributed by atoms with E-state index in [2.05, 4.69) is 25.4 Å². The Hall–Kier alpha value is -3.18. The SMILES string of the molecule is COc1nc2c(C)nnc(N[C@H](C)c3cccc(C(F)(F)C(C)(C)O)c3F)c2cc1N1CCOCC1. The van der Waals surface area contributed by atoms with Gasteiger partial charge < -0.3 is 24.8 Å². The second-order valence-electron chi connectivity index (χ2n) is 9.35. The highest BCUT2D eigenvalue weighted by Crippen LogP contribution is 2.41. The van der Waals surface area contributed by atoms with Gasteiger partial charge in [-0.05, 0) is 39.8 Å². The molecule has 0 spiro atoms. The predicted molar refractivity (Wildman–Crippen MR) is 130 cm³/mol. The van der Waals surface area contributed by atoms with Crippen molar-refractivity contribution in [2.45, 2.75) is 45.3 Å². The number of morpholine rings is 1. The number of pyridine rings is 1. The fourth-order valence-electron chi connectivity index (χ4n) is 4.20. The molecule has 2 aromatic heterocycles. The number of alkyl halides is 2. The average molecular weight is 506 g/mol. The van der Waals surface area contributed by atoms with Crippen molar-refractivity contribution in [3.63, 3.8) is 0 Å². The highest BCUT2D eigenvalue weighted by Gasteiger charge is 2.49. The van der Waals surface area contributed by atoms with Crippen LogP contribution < -0.4 is 15.0 Å². The van der Waals surface area contributed by atoms with Crippen LogP contribution in [0.1, 0.15) is 43.6 Å². The van der Waals surface area contributed by atoms with Gasteiger partial charge >= 0.3 is 5.92 Å². The number of aromatic nitrogens is 3. The summed E-state index contributed by atoms with van der Waals surface area (Å²) in [6, 6.07) is 4.87. The maximum Gasteiger partial charge on any atom is 0.303 e. The van der Waals surface area contributed by atoms with Gasteiger partial charge in [0, 0.05) is 24.0 Å². The van der Waals surface area contributed by atoms with Gasteiger partial charge in [0.2, 0.25) is 5.88 Å². The molecular formula is C25H30F3N5O3. The van der Waals surface area contributed by atoms with Crippen LogP contribution in [0.15, 0.2) is 24.3 Å². The van der Waals surface area contributed by atoms with Crippen LogP contribution in [0.25, 0.3) is 10.9 Å². The van der Waals surface area contributed by atoms with Gasteiger partial charge in [0.15, 0.2) is 5.82 Å². The normalized spacial score (nSPS) is 15.8. The summed E-state index contributed by atoms with van der Waals surface area (Å²) < 4.78 is 55.9. The van der Waals surface area contributed by atoms with Crippen LogP contribution in [-0.2, 0) is 10.7 Å². The first-order chi connectivity index (χ1) is 17.0. The number of hydrogen-bond acceptors (Lipinski definition) is 8. The second kappa shape index (κ2) is 9.70. The molecule has 1 atom stereocenters. The smallest absolute Gasteiger partial charge is 0.303 e. The Kier molecular flexibility index (Phi) is 6.98. The van der Waals surface area contributed by atoms with Crippen molar-refractivity contribution < 1.29 is 27.8 Å². The standard InChI is InChI=1S/C25H30F3N5O3/c1-14(16-7-6-8-18(20(16)26)25(27,28)24(3,4)34)29-22-17-13-19(33-9-11-36-12-10-33)23(35-5)30-21(17)15(2)31-32-22/h6-8,13-14,34H,9-12H2,1-5H3,(H,29,32)/t14-/m1/s1. The van der Waals surface area contributed by atoms with Crippen molar-refractivity contribution >= 4 is 22.4 Å². The van der Waals surface area contributed by atoms with E-state index in [9.17, 15) is 13.9 Å². The van der Waals surface area contributed by atoms with Crippen molar-refractivity contribution in [2.24, 2.45) is 0 Å². The molecule has 194 valence electrons. The lowest BCUT2D eigenvalue weighted by molar-refractivity contribution is -0.170. The molecular weight excluding hydrogens is 475 g/mol. The van der Waals surface area contributed by atoms with E-state index in [0.717, 1.165) is 25.6 Å². The third kappa shape index (κ3) is 4.64. The van der Waals surface area contributed by atoms with Crippen LogP contribution in [0.4, 0.5) is 24.7 Å². The lowest BCUT2D eigenvalue weighted by atomic mass is 9.91. The van der Waals surface area contributed by atoms with E-state index >= 15 is 4.39 Å². The molecule has 1 aromatic carbocycles. The number of ether oxygens (including phenoxy) is 2. The molecule has 0 aliphatic carbocycles. The van der Waals surface area contributed by atoms with Crippen LogP contribution in [0, 0.1) is 12.7 Å². The third-order valence-corrected chi connectivity index (χ3v) is 6.37. The lowest BCUT2D eigenvalue weighted by Crippen LogP contribution is -2.41. The molecule has 1 aliphatic rings. The summed E-state index contributed by atoms with van der Waals surface area (Å²) in [5, 5.41) is 22.1. The van der Waals surface area contributed by atoms with E-state index in [1.807, 2.05) is 6.07 Å². The van der Waals surface area contributed by atoms with E-state index in [4.69, 9.17) is 9.47 Å². The van der Waals surface area contributed by atoms with Crippen LogP contribution in [-0.4, -0.2) is 59.3 Å². The van der Waals surface area contributed by atoms with Gasteiger partial charge in [-0.1, -0.05) is 12.1 Å². The molecule has 0 amide bonds. The highest BCUT2D eigenvalue weighted by atomic mass is 19.3. The van der Waals surface area contributed by atoms with Crippen LogP contribution in [0.3, 0.4) is 0 Å². The zero-order chi connectivity index (χ0) is 26.3. The molecule has 0 saturated carbocycles. The predicted octanol–water partition coefficient (Wildman–Crippen LogP) is 4.35. The van der Waals surface area contributed by atoms with Crippen molar-refractivity contribution in [2.75, 3.05) is 43.6 Å². The number of aryl methyl sites for hydroxylation is 1. The molecule has 11 heteroatoms. The van der Waals surface area contributed by atoms with Crippen LogP contribution >= 0.6 is 0 Å². The molecule has 2 N–H and O–H groups in total. The maximum absolute atomic E-state index is 15.3. The molecule has 0 radical (unpaired) electrons. The Balaban J connectivity index is 1.75. The highest BCUT2D eigenvalue weighted by molar-refractivity contribution is 5.93. The Bertz CT molecular complexity index is 1260. The number of anilines is 2. The third-order valence-electron chi connectivity index (χ3n) is 6.37. The van der Waals surface area contributed by atoms with Crippen molar-refractivity contribution in [3.05, 3.63) is 46.9 Å². The van der Waals surface area contributed by atoms with Crippen molar-refractivity contribution in [1.29, 1.82) is 0 Å². The summed E-state index contributed by atoms with van der Waals surface area (Å²) in [4.78, 5) is 6.75. The largest absolute Gasteiger partial charge is 0.480 e. The number of hydrogen-bond donors (Lipinski definition) is 2. The van der Waals surface area contributed by atoms with Gasteiger partial charge in [-0.25, -0.2) is 9.37 Å². The quantitative estimate of drug-likeness (QED) is 0.490. The number of halogens is 3. The van der Waals surface area contributed by atoms with Gasteiger partial charge in [-0.15, -0.1) is 5.10 Å². The summed E-state index contributed by atoms with van der Waals surface area (Å²) >= 11 is 0. The summed E-state index contributed by atoms with van der Waals surface area (Å²) in [5.74, 6) is -4.13. The topological polar surface area (TPSA) is 92.6 Å². The first kappa shape index (κ1) is 25.9. The number of benzene rings is 1.